The molecule has 2 rings (SSSR count). The molecule has 1 N–H and O–H groups in total. The molecule has 0 spiro atoms. The first-order valence-corrected chi connectivity index (χ1v) is 5.71. The number of carbonyl (C=O) groups is 1. The van der Waals surface area contributed by atoms with Gasteiger partial charge in [0, 0.05) is 6.04 Å². The summed E-state index contributed by atoms with van der Waals surface area (Å²) in [6.45, 7) is 1.09. The summed E-state index contributed by atoms with van der Waals surface area (Å²) in [5, 5.41) is 3.44. The molecule has 0 amide bonds. The quantitative estimate of drug-likeness (QED) is 0.787. The van der Waals surface area contributed by atoms with Crippen LogP contribution in [-0.4, -0.2) is 25.7 Å². The summed E-state index contributed by atoms with van der Waals surface area (Å²) in [5.41, 5.74) is 1.77. The van der Waals surface area contributed by atoms with Crippen LogP contribution in [0.15, 0.2) is 24.3 Å². The molecule has 3 heteroatoms. The Kier molecular flexibility index (Phi) is 3.57. The molecule has 16 heavy (non-hydrogen) atoms. The van der Waals surface area contributed by atoms with Crippen molar-refractivity contribution in [1.29, 1.82) is 0 Å². The normalized spacial score (nSPS) is 19.7. The second-order valence-corrected chi connectivity index (χ2v) is 4.15. The minimum absolute atomic E-state index is 0.242. The van der Waals surface area contributed by atoms with E-state index in [1.807, 2.05) is 24.3 Å². The lowest BCUT2D eigenvalue weighted by Crippen LogP contribution is -2.24. The molecule has 1 atom stereocenters. The Bertz CT molecular complexity index is 370. The van der Waals surface area contributed by atoms with E-state index in [1.54, 1.807) is 0 Å². The first-order valence-electron chi connectivity index (χ1n) is 5.71. The number of hydrogen-bond donors (Lipinski definition) is 1. The number of hydrogen-bond acceptors (Lipinski definition) is 3. The Morgan fingerprint density at radius 1 is 1.50 bits per heavy atom. The minimum atomic E-state index is -0.242. The van der Waals surface area contributed by atoms with Crippen molar-refractivity contribution in [2.24, 2.45) is 0 Å². The van der Waals surface area contributed by atoms with E-state index in [-0.39, 0.29) is 5.97 Å². The Labute approximate surface area is 95.8 Å². The second kappa shape index (κ2) is 5.12. The van der Waals surface area contributed by atoms with Gasteiger partial charge in [-0.25, -0.2) is 4.79 Å². The van der Waals surface area contributed by atoms with E-state index >= 15 is 0 Å². The molecule has 1 aromatic rings. The van der Waals surface area contributed by atoms with Gasteiger partial charge in [0.05, 0.1) is 12.7 Å². The van der Waals surface area contributed by atoms with Crippen molar-refractivity contribution in [3.05, 3.63) is 35.4 Å². The molecule has 1 aliphatic heterocycles. The summed E-state index contributed by atoms with van der Waals surface area (Å²) < 4.78 is 4.78. The maximum atomic E-state index is 11.6. The van der Waals surface area contributed by atoms with E-state index in [9.17, 15) is 4.79 Å². The van der Waals surface area contributed by atoms with Gasteiger partial charge in [0.2, 0.25) is 0 Å². The molecule has 1 fully saturated rings. The van der Waals surface area contributed by atoms with Gasteiger partial charge in [-0.3, -0.25) is 0 Å². The molecule has 0 saturated carbocycles. The third kappa shape index (κ3) is 2.42. The molecule has 1 aliphatic rings. The molecule has 0 radical (unpaired) electrons. The highest BCUT2D eigenvalue weighted by Crippen LogP contribution is 2.16. The van der Waals surface area contributed by atoms with Gasteiger partial charge in [-0.2, -0.15) is 0 Å². The van der Waals surface area contributed by atoms with Crippen LogP contribution in [-0.2, 0) is 11.2 Å². The van der Waals surface area contributed by atoms with E-state index in [2.05, 4.69) is 5.32 Å². The van der Waals surface area contributed by atoms with Gasteiger partial charge in [0.15, 0.2) is 0 Å². The molecule has 86 valence electrons. The van der Waals surface area contributed by atoms with Crippen molar-refractivity contribution in [2.45, 2.75) is 25.3 Å². The third-order valence-electron chi connectivity index (χ3n) is 3.05. The van der Waals surface area contributed by atoms with Crippen LogP contribution in [0.25, 0.3) is 0 Å². The Balaban J connectivity index is 2.15. The maximum absolute atomic E-state index is 11.6. The lowest BCUT2D eigenvalue weighted by molar-refractivity contribution is 0.0599. The van der Waals surface area contributed by atoms with Crippen molar-refractivity contribution < 1.29 is 9.53 Å². The number of nitrogens with one attached hydrogen (secondary N) is 1. The molecule has 1 heterocycles. The Morgan fingerprint density at radius 3 is 3.00 bits per heavy atom. The SMILES string of the molecule is COC(=O)c1ccccc1CC1CCCN1. The predicted octanol–water partition coefficient (Wildman–Crippen LogP) is 1.77. The van der Waals surface area contributed by atoms with Crippen molar-refractivity contribution in [2.75, 3.05) is 13.7 Å². The lowest BCUT2D eigenvalue weighted by Gasteiger charge is -2.12. The fourth-order valence-corrected chi connectivity index (χ4v) is 2.20. The fraction of sp³-hybridized carbons (Fsp3) is 0.462. The highest BCUT2D eigenvalue weighted by Gasteiger charge is 2.18. The lowest BCUT2D eigenvalue weighted by atomic mass is 9.99. The van der Waals surface area contributed by atoms with E-state index in [0.29, 0.717) is 11.6 Å². The minimum Gasteiger partial charge on any atom is -0.465 e. The Morgan fingerprint density at radius 2 is 2.31 bits per heavy atom. The topological polar surface area (TPSA) is 38.3 Å². The summed E-state index contributed by atoms with van der Waals surface area (Å²) in [6, 6.07) is 8.18. The van der Waals surface area contributed by atoms with E-state index in [4.69, 9.17) is 4.74 Å². The molecule has 1 aromatic carbocycles. The van der Waals surface area contributed by atoms with Crippen LogP contribution in [0, 0.1) is 0 Å². The van der Waals surface area contributed by atoms with Crippen LogP contribution in [0.5, 0.6) is 0 Å². The maximum Gasteiger partial charge on any atom is 0.338 e. The van der Waals surface area contributed by atoms with Gasteiger partial charge < -0.3 is 10.1 Å². The summed E-state index contributed by atoms with van der Waals surface area (Å²) in [5.74, 6) is -0.242. The van der Waals surface area contributed by atoms with Crippen molar-refractivity contribution in [1.82, 2.24) is 5.32 Å². The zero-order valence-corrected chi connectivity index (χ0v) is 9.53. The summed E-state index contributed by atoms with van der Waals surface area (Å²) in [7, 11) is 1.42. The van der Waals surface area contributed by atoms with Gasteiger partial charge in [-0.15, -0.1) is 0 Å². The molecule has 0 bridgehead atoms. The number of esters is 1. The van der Waals surface area contributed by atoms with E-state index in [0.717, 1.165) is 18.5 Å². The number of benzene rings is 1. The molecule has 0 aromatic heterocycles. The number of methoxy groups -OCH3 is 1. The molecule has 0 aliphatic carbocycles. The van der Waals surface area contributed by atoms with Gasteiger partial charge >= 0.3 is 5.97 Å². The first kappa shape index (κ1) is 11.1. The van der Waals surface area contributed by atoms with Gasteiger partial charge in [-0.1, -0.05) is 18.2 Å². The number of carbonyl (C=O) groups excluding carboxylic acids is 1. The molecule has 1 saturated heterocycles. The van der Waals surface area contributed by atoms with Crippen molar-refractivity contribution in [3.63, 3.8) is 0 Å². The van der Waals surface area contributed by atoms with Crippen LogP contribution in [0.1, 0.15) is 28.8 Å². The second-order valence-electron chi connectivity index (χ2n) is 4.15. The van der Waals surface area contributed by atoms with Gasteiger partial charge in [0.25, 0.3) is 0 Å². The molecule has 1 unspecified atom stereocenters. The summed E-state index contributed by atoms with van der Waals surface area (Å²) in [4.78, 5) is 11.6. The number of rotatable bonds is 3. The number of ether oxygens (including phenoxy) is 1. The highest BCUT2D eigenvalue weighted by atomic mass is 16.5. The van der Waals surface area contributed by atoms with Gasteiger partial charge in [-0.05, 0) is 37.4 Å². The van der Waals surface area contributed by atoms with Crippen LogP contribution in [0.3, 0.4) is 0 Å². The zero-order chi connectivity index (χ0) is 11.4. The average Bonchev–Trinajstić information content (AvgIpc) is 2.82. The fourth-order valence-electron chi connectivity index (χ4n) is 2.20. The van der Waals surface area contributed by atoms with Gasteiger partial charge in [0.1, 0.15) is 0 Å². The molecular weight excluding hydrogens is 202 g/mol. The van der Waals surface area contributed by atoms with Crippen LogP contribution in [0.4, 0.5) is 0 Å². The molecular formula is C13H17NO2. The smallest absolute Gasteiger partial charge is 0.338 e. The van der Waals surface area contributed by atoms with E-state index < -0.39 is 0 Å². The van der Waals surface area contributed by atoms with Crippen molar-refractivity contribution >= 4 is 5.97 Å². The van der Waals surface area contributed by atoms with Crippen LogP contribution >= 0.6 is 0 Å². The third-order valence-corrected chi connectivity index (χ3v) is 3.05. The largest absolute Gasteiger partial charge is 0.465 e. The van der Waals surface area contributed by atoms with E-state index in [1.165, 1.54) is 20.0 Å². The standard InChI is InChI=1S/C13H17NO2/c1-16-13(15)12-7-3-2-5-10(12)9-11-6-4-8-14-11/h2-3,5,7,11,14H,4,6,8-9H2,1H3. The summed E-state index contributed by atoms with van der Waals surface area (Å²) in [6.07, 6.45) is 3.33. The predicted molar refractivity (Wildman–Crippen MR) is 62.5 cm³/mol. The summed E-state index contributed by atoms with van der Waals surface area (Å²) >= 11 is 0. The highest BCUT2D eigenvalue weighted by molar-refractivity contribution is 5.91. The monoisotopic (exact) mass is 219 g/mol. The average molecular weight is 219 g/mol. The zero-order valence-electron chi connectivity index (χ0n) is 9.53. The molecule has 3 nitrogen and oxygen atoms in total. The van der Waals surface area contributed by atoms with Crippen LogP contribution in [0.2, 0.25) is 0 Å². The Hall–Kier alpha value is -1.35. The van der Waals surface area contributed by atoms with Crippen molar-refractivity contribution in [3.8, 4) is 0 Å². The first-order chi connectivity index (χ1) is 7.81. The van der Waals surface area contributed by atoms with Crippen LogP contribution < -0.4 is 5.32 Å².